The summed E-state index contributed by atoms with van der Waals surface area (Å²) in [5.41, 5.74) is 0.539. The zero-order valence-electron chi connectivity index (χ0n) is 22.5. The first-order valence-corrected chi connectivity index (χ1v) is 15.2. The number of alkyl halides is 3. The van der Waals surface area contributed by atoms with E-state index in [1.807, 2.05) is 0 Å². The van der Waals surface area contributed by atoms with E-state index in [0.29, 0.717) is 25.3 Å². The average Bonchev–Trinajstić information content (AvgIpc) is 3.46. The maximum absolute atomic E-state index is 14.9. The van der Waals surface area contributed by atoms with E-state index in [-0.39, 0.29) is 58.7 Å². The van der Waals surface area contributed by atoms with Crippen LogP contribution < -0.4 is 9.47 Å². The number of carboxylic acids is 1. The van der Waals surface area contributed by atoms with Gasteiger partial charge in [-0.3, -0.25) is 4.79 Å². The molecule has 0 aliphatic heterocycles. The molecule has 2 heterocycles. The lowest BCUT2D eigenvalue weighted by atomic mass is 9.95. The van der Waals surface area contributed by atoms with Crippen LogP contribution in [-0.4, -0.2) is 47.1 Å². The van der Waals surface area contributed by atoms with Gasteiger partial charge in [0, 0.05) is 60.2 Å². The van der Waals surface area contributed by atoms with Gasteiger partial charge >= 0.3 is 12.1 Å². The van der Waals surface area contributed by atoms with Crippen LogP contribution in [0.15, 0.2) is 36.5 Å². The Labute approximate surface area is 238 Å². The highest BCUT2D eigenvalue weighted by Gasteiger charge is 2.60. The van der Waals surface area contributed by atoms with Crippen LogP contribution in [0.4, 0.5) is 17.6 Å². The van der Waals surface area contributed by atoms with E-state index < -0.39 is 44.5 Å². The third-order valence-corrected chi connectivity index (χ3v) is 10.0. The number of hydrogen-bond acceptors (Lipinski definition) is 7. The number of nitrogens with zero attached hydrogens (tertiary/aromatic N) is 2. The predicted molar refractivity (Wildman–Crippen MR) is 141 cm³/mol. The van der Waals surface area contributed by atoms with Crippen molar-refractivity contribution in [2.45, 2.75) is 56.2 Å². The van der Waals surface area contributed by atoms with Gasteiger partial charge in [0.25, 0.3) is 0 Å². The van der Waals surface area contributed by atoms with E-state index in [4.69, 9.17) is 9.47 Å². The molecule has 2 fully saturated rings. The summed E-state index contributed by atoms with van der Waals surface area (Å²) in [6, 6.07) is 6.01. The number of halogens is 4. The molecule has 6 rings (SSSR count). The number of aryl methyl sites for hydroxylation is 1. The molecular weight excluding hydrogens is 580 g/mol. The fraction of sp³-hybridized carbons (Fsp3) is 0.414. The Kier molecular flexibility index (Phi) is 6.71. The van der Waals surface area contributed by atoms with Crippen LogP contribution in [0.5, 0.6) is 11.8 Å². The van der Waals surface area contributed by atoms with Crippen molar-refractivity contribution in [3.63, 3.8) is 0 Å². The molecule has 0 radical (unpaired) electrons. The van der Waals surface area contributed by atoms with Gasteiger partial charge in [-0.2, -0.15) is 13.2 Å². The third-order valence-electron chi connectivity index (χ3n) is 8.43. The number of pyridine rings is 2. The minimum Gasteiger partial charge on any atom is -0.481 e. The van der Waals surface area contributed by atoms with Gasteiger partial charge in [-0.05, 0) is 54.2 Å². The summed E-state index contributed by atoms with van der Waals surface area (Å²) < 4.78 is 91.4. The highest BCUT2D eigenvalue weighted by Crippen LogP contribution is 2.61. The van der Waals surface area contributed by atoms with Crippen LogP contribution in [0.1, 0.15) is 46.7 Å². The first kappa shape index (κ1) is 28.4. The Morgan fingerprint density at radius 2 is 1.86 bits per heavy atom. The largest absolute Gasteiger partial charge is 0.481 e. The number of carbonyl (C=O) groups is 1. The molecule has 3 aliphatic carbocycles. The molecule has 1 N–H and O–H groups in total. The number of benzene rings is 1. The molecule has 0 spiro atoms. The minimum absolute atomic E-state index is 0.0243. The van der Waals surface area contributed by atoms with Crippen molar-refractivity contribution in [2.75, 3.05) is 6.26 Å². The van der Waals surface area contributed by atoms with E-state index in [1.165, 1.54) is 19.1 Å². The molecule has 0 bridgehead atoms. The second-order valence-corrected chi connectivity index (χ2v) is 13.5. The quantitative estimate of drug-likeness (QED) is 0.352. The number of carboxylic acid groups (broad SMARTS) is 1. The smallest absolute Gasteiger partial charge is 0.417 e. The standard InChI is InChI=1S/C29H26F4N2O6S/c1-13-18(3-4-24(35-13)41-16-8-17(9-16)42(2,38)39)19-6-15(23(30)10-22(19)29(31,32)33)12-40-25-7-14-5-20-26(21(14)11-34-25)27(20)28(36)37/h3-4,6-7,10-11,16-17,20,26-27H,5,8-9,12H2,1-2H3,(H,36,37)/t16-,17-,20-,26-,27+/m1/s1. The summed E-state index contributed by atoms with van der Waals surface area (Å²) in [5.74, 6) is -2.06. The van der Waals surface area contributed by atoms with Crippen molar-refractivity contribution in [1.29, 1.82) is 0 Å². The fourth-order valence-corrected chi connectivity index (χ4v) is 7.17. The molecular formula is C29H26F4N2O6S. The lowest BCUT2D eigenvalue weighted by Gasteiger charge is -2.33. The van der Waals surface area contributed by atoms with Gasteiger partial charge in [-0.1, -0.05) is 0 Å². The van der Waals surface area contributed by atoms with Gasteiger partial charge in [0.1, 0.15) is 18.5 Å². The molecule has 0 unspecified atom stereocenters. The number of rotatable bonds is 8. The number of ether oxygens (including phenoxy) is 2. The second-order valence-electron chi connectivity index (χ2n) is 11.2. The van der Waals surface area contributed by atoms with Crippen LogP contribution >= 0.6 is 0 Å². The first-order valence-electron chi connectivity index (χ1n) is 13.3. The van der Waals surface area contributed by atoms with E-state index in [9.17, 15) is 35.9 Å². The lowest BCUT2D eigenvalue weighted by molar-refractivity contribution is -0.139. The van der Waals surface area contributed by atoms with Crippen molar-refractivity contribution >= 4 is 15.8 Å². The zero-order chi connectivity index (χ0) is 30.1. The average molecular weight is 607 g/mol. The molecule has 3 aromatic rings. The second kappa shape index (κ2) is 9.92. The van der Waals surface area contributed by atoms with E-state index >= 15 is 0 Å². The van der Waals surface area contributed by atoms with Gasteiger partial charge in [0.15, 0.2) is 9.84 Å². The summed E-state index contributed by atoms with van der Waals surface area (Å²) in [4.78, 5) is 19.8. The van der Waals surface area contributed by atoms with Crippen molar-refractivity contribution in [1.82, 2.24) is 9.97 Å². The Balaban J connectivity index is 1.21. The SMILES string of the molecule is Cc1nc(O[C@H]2C[C@H](S(C)(=O)=O)C2)ccc1-c1cc(COc2cc3c(cn2)[C@H]2[C@@H](C3)[C@@H]2C(=O)O)c(F)cc1C(F)(F)F. The summed E-state index contributed by atoms with van der Waals surface area (Å²) in [7, 11) is -3.17. The number of aromatic nitrogens is 2. The molecule has 13 heteroatoms. The van der Waals surface area contributed by atoms with Gasteiger partial charge in [0.05, 0.1) is 16.7 Å². The number of sulfone groups is 1. The van der Waals surface area contributed by atoms with Crippen molar-refractivity contribution in [2.24, 2.45) is 11.8 Å². The summed E-state index contributed by atoms with van der Waals surface area (Å²) in [6.07, 6.45) is -1.31. The molecule has 0 amide bonds. The summed E-state index contributed by atoms with van der Waals surface area (Å²) in [5, 5.41) is 8.79. The monoisotopic (exact) mass is 606 g/mol. The van der Waals surface area contributed by atoms with Gasteiger partial charge in [-0.15, -0.1) is 0 Å². The summed E-state index contributed by atoms with van der Waals surface area (Å²) >= 11 is 0. The van der Waals surface area contributed by atoms with Gasteiger partial charge < -0.3 is 14.6 Å². The highest BCUT2D eigenvalue weighted by atomic mass is 32.2. The number of aliphatic carboxylic acids is 1. The van der Waals surface area contributed by atoms with Crippen LogP contribution in [0.2, 0.25) is 0 Å². The van der Waals surface area contributed by atoms with E-state index in [1.54, 1.807) is 12.3 Å². The van der Waals surface area contributed by atoms with E-state index in [0.717, 1.165) is 23.4 Å². The Morgan fingerprint density at radius 1 is 1.12 bits per heavy atom. The lowest BCUT2D eigenvalue weighted by Crippen LogP contribution is -2.42. The predicted octanol–water partition coefficient (Wildman–Crippen LogP) is 5.11. The Morgan fingerprint density at radius 3 is 2.50 bits per heavy atom. The molecule has 1 aromatic carbocycles. The number of hydrogen-bond donors (Lipinski definition) is 1. The molecule has 2 aromatic heterocycles. The van der Waals surface area contributed by atoms with Crippen LogP contribution in [-0.2, 0) is 33.8 Å². The van der Waals surface area contributed by atoms with Gasteiger partial charge in [0.2, 0.25) is 11.8 Å². The maximum Gasteiger partial charge on any atom is 0.417 e. The van der Waals surface area contributed by atoms with Crippen molar-refractivity contribution < 1.29 is 45.4 Å². The third kappa shape index (κ3) is 5.18. The van der Waals surface area contributed by atoms with E-state index in [2.05, 4.69) is 9.97 Å². The molecule has 0 saturated heterocycles. The maximum atomic E-state index is 14.9. The van der Waals surface area contributed by atoms with Crippen LogP contribution in [0, 0.1) is 24.6 Å². The molecule has 8 nitrogen and oxygen atoms in total. The molecule has 42 heavy (non-hydrogen) atoms. The first-order chi connectivity index (χ1) is 19.7. The fourth-order valence-electron chi connectivity index (χ4n) is 6.04. The molecule has 3 aliphatic rings. The molecule has 3 atom stereocenters. The zero-order valence-corrected chi connectivity index (χ0v) is 23.3. The molecule has 2 saturated carbocycles. The number of fused-ring (bicyclic) bond motifs is 3. The highest BCUT2D eigenvalue weighted by molar-refractivity contribution is 7.91. The Bertz CT molecular complexity index is 1700. The van der Waals surface area contributed by atoms with Crippen LogP contribution in [0.25, 0.3) is 11.1 Å². The normalized spacial score (nSPS) is 24.4. The summed E-state index contributed by atoms with van der Waals surface area (Å²) in [6.45, 7) is 1.13. The van der Waals surface area contributed by atoms with Crippen LogP contribution in [0.3, 0.4) is 0 Å². The molecule has 222 valence electrons. The topological polar surface area (TPSA) is 116 Å². The Hall–Kier alpha value is -3.74. The van der Waals surface area contributed by atoms with Gasteiger partial charge in [-0.25, -0.2) is 22.8 Å². The van der Waals surface area contributed by atoms with Crippen molar-refractivity contribution in [3.8, 4) is 22.9 Å². The minimum atomic E-state index is -4.85. The van der Waals surface area contributed by atoms with Crippen molar-refractivity contribution in [3.05, 3.63) is 70.3 Å².